The lowest BCUT2D eigenvalue weighted by Gasteiger charge is -2.14. The van der Waals surface area contributed by atoms with Gasteiger partial charge in [0.15, 0.2) is 5.82 Å². The van der Waals surface area contributed by atoms with Crippen molar-refractivity contribution in [2.24, 2.45) is 5.92 Å². The molecule has 0 spiro atoms. The molecule has 2 aromatic heterocycles. The highest BCUT2D eigenvalue weighted by atomic mass is 16.3. The van der Waals surface area contributed by atoms with Crippen LogP contribution in [0.25, 0.3) is 23.2 Å². The molecular weight excluding hydrogens is 432 g/mol. The van der Waals surface area contributed by atoms with Crippen molar-refractivity contribution >= 4 is 35.0 Å². The second-order valence-electron chi connectivity index (χ2n) is 8.07. The van der Waals surface area contributed by atoms with E-state index in [1.165, 1.54) is 10.9 Å². The number of amides is 2. The molecule has 1 saturated carbocycles. The molecule has 0 unspecified atom stereocenters. The van der Waals surface area contributed by atoms with Gasteiger partial charge in [0.2, 0.25) is 5.91 Å². The minimum absolute atomic E-state index is 0.000673. The van der Waals surface area contributed by atoms with Crippen molar-refractivity contribution in [1.82, 2.24) is 20.2 Å². The van der Waals surface area contributed by atoms with E-state index in [-0.39, 0.29) is 17.5 Å². The molecule has 0 bridgehead atoms. The molecule has 9 nitrogen and oxygen atoms in total. The number of aromatic nitrogens is 4. The van der Waals surface area contributed by atoms with Crippen LogP contribution in [0.2, 0.25) is 0 Å². The van der Waals surface area contributed by atoms with Gasteiger partial charge in [-0.25, -0.2) is 0 Å². The number of hydrogen-bond donors (Lipinski definition) is 2. The number of furan rings is 1. The first kappa shape index (κ1) is 21.3. The minimum Gasteiger partial charge on any atom is -0.465 e. The summed E-state index contributed by atoms with van der Waals surface area (Å²) in [5.41, 5.74) is 2.97. The summed E-state index contributed by atoms with van der Waals surface area (Å²) in [6.07, 6.45) is 4.93. The highest BCUT2D eigenvalue weighted by Gasteiger charge is 2.29. The maximum absolute atomic E-state index is 13.5. The Hall–Kier alpha value is -4.53. The van der Waals surface area contributed by atoms with E-state index in [2.05, 4.69) is 26.2 Å². The van der Waals surface area contributed by atoms with Crippen LogP contribution in [-0.4, -0.2) is 32.0 Å². The van der Waals surface area contributed by atoms with Gasteiger partial charge in [0.25, 0.3) is 5.91 Å². The van der Waals surface area contributed by atoms with Crippen LogP contribution < -0.4 is 10.6 Å². The third-order valence-electron chi connectivity index (χ3n) is 5.49. The molecule has 1 aliphatic rings. The normalized spacial score (nSPS) is 13.5. The van der Waals surface area contributed by atoms with Crippen LogP contribution in [0.1, 0.15) is 24.2 Å². The predicted octanol–water partition coefficient (Wildman–Crippen LogP) is 4.23. The van der Waals surface area contributed by atoms with Crippen LogP contribution in [-0.2, 0) is 9.59 Å². The van der Waals surface area contributed by atoms with E-state index < -0.39 is 5.91 Å². The molecule has 170 valence electrons. The zero-order chi connectivity index (χ0) is 23.5. The molecule has 0 aliphatic heterocycles. The molecule has 2 N–H and O–H groups in total. The zero-order valence-corrected chi connectivity index (χ0v) is 18.4. The number of benzene rings is 2. The Balaban J connectivity index is 1.48. The molecule has 9 heteroatoms. The monoisotopic (exact) mass is 454 g/mol. The summed E-state index contributed by atoms with van der Waals surface area (Å²) in [5.74, 6) is 0.534. The number of tetrazole rings is 1. The lowest BCUT2D eigenvalue weighted by Crippen LogP contribution is -2.20. The van der Waals surface area contributed by atoms with E-state index in [4.69, 9.17) is 4.42 Å². The van der Waals surface area contributed by atoms with Crippen molar-refractivity contribution in [3.8, 4) is 11.4 Å². The molecule has 1 aliphatic carbocycles. The summed E-state index contributed by atoms with van der Waals surface area (Å²) in [7, 11) is 0. The second-order valence-corrected chi connectivity index (χ2v) is 8.07. The minimum atomic E-state index is -0.436. The summed E-state index contributed by atoms with van der Waals surface area (Å²) >= 11 is 0. The number of carbonyl (C=O) groups excluding carboxylic acids is 2. The van der Waals surface area contributed by atoms with Crippen LogP contribution in [0.5, 0.6) is 0 Å². The average Bonchev–Trinajstić information content (AvgIpc) is 3.36. The van der Waals surface area contributed by atoms with E-state index in [0.29, 0.717) is 23.0 Å². The van der Waals surface area contributed by atoms with Gasteiger partial charge in [-0.3, -0.25) is 9.59 Å². The van der Waals surface area contributed by atoms with Gasteiger partial charge in [0.1, 0.15) is 11.5 Å². The zero-order valence-electron chi connectivity index (χ0n) is 18.4. The van der Waals surface area contributed by atoms with Crippen molar-refractivity contribution in [3.63, 3.8) is 0 Å². The number of nitrogens with one attached hydrogen (secondary N) is 2. The maximum atomic E-state index is 13.5. The number of nitrogens with zero attached hydrogens (tertiary/aromatic N) is 4. The summed E-state index contributed by atoms with van der Waals surface area (Å²) < 4.78 is 6.81. The van der Waals surface area contributed by atoms with Crippen molar-refractivity contribution in [1.29, 1.82) is 0 Å². The van der Waals surface area contributed by atoms with Gasteiger partial charge in [0.05, 0.1) is 6.26 Å². The lowest BCUT2D eigenvalue weighted by molar-refractivity contribution is -0.117. The number of carbonyl (C=O) groups is 2. The van der Waals surface area contributed by atoms with E-state index in [1.807, 2.05) is 49.4 Å². The molecule has 0 saturated heterocycles. The fourth-order valence-electron chi connectivity index (χ4n) is 3.46. The standard InChI is InChI=1S/C25H22N6O3/c1-16-9-12-19(26-24(32)18-10-11-18)14-21(16)27-25(33)22(15-20-8-5-13-34-20)31-23(28-29-30-31)17-6-3-2-4-7-17/h2-9,12-15,18H,10-11H2,1H3,(H,26,32)(H,27,33)/b22-15-. The average molecular weight is 454 g/mol. The Morgan fingerprint density at radius 2 is 1.88 bits per heavy atom. The molecule has 0 radical (unpaired) electrons. The van der Waals surface area contributed by atoms with Crippen LogP contribution in [0.3, 0.4) is 0 Å². The number of anilines is 2. The van der Waals surface area contributed by atoms with Crippen molar-refractivity contribution in [2.75, 3.05) is 10.6 Å². The molecule has 2 amide bonds. The second kappa shape index (κ2) is 9.14. The Morgan fingerprint density at radius 3 is 2.62 bits per heavy atom. The molecule has 2 heterocycles. The first-order valence-electron chi connectivity index (χ1n) is 10.9. The Labute approximate surface area is 195 Å². The Kier molecular flexibility index (Phi) is 5.73. The molecule has 0 atom stereocenters. The van der Waals surface area contributed by atoms with E-state index >= 15 is 0 Å². The fourth-order valence-corrected chi connectivity index (χ4v) is 3.46. The predicted molar refractivity (Wildman–Crippen MR) is 127 cm³/mol. The molecular formula is C25H22N6O3. The molecule has 5 rings (SSSR count). The van der Waals surface area contributed by atoms with Gasteiger partial charge < -0.3 is 15.1 Å². The highest BCUT2D eigenvalue weighted by molar-refractivity contribution is 6.24. The third kappa shape index (κ3) is 4.63. The van der Waals surface area contributed by atoms with Gasteiger partial charge in [-0.2, -0.15) is 4.68 Å². The van der Waals surface area contributed by atoms with Crippen LogP contribution in [0.4, 0.5) is 11.4 Å². The quantitative estimate of drug-likeness (QED) is 0.404. The molecule has 4 aromatic rings. The number of rotatable bonds is 7. The van der Waals surface area contributed by atoms with Gasteiger partial charge in [-0.05, 0) is 60.0 Å². The SMILES string of the molecule is Cc1ccc(NC(=O)C2CC2)cc1NC(=O)/C(=C/c1ccco1)n1nnnc1-c1ccccc1. The number of aryl methyl sites for hydroxylation is 1. The van der Waals surface area contributed by atoms with Crippen molar-refractivity contribution in [3.05, 3.63) is 78.3 Å². The van der Waals surface area contributed by atoms with Gasteiger partial charge >= 0.3 is 0 Å². The lowest BCUT2D eigenvalue weighted by atomic mass is 10.1. The Morgan fingerprint density at radius 1 is 1.06 bits per heavy atom. The summed E-state index contributed by atoms with van der Waals surface area (Å²) in [6, 6.07) is 18.2. The van der Waals surface area contributed by atoms with Gasteiger partial charge in [-0.15, -0.1) is 5.10 Å². The van der Waals surface area contributed by atoms with Crippen molar-refractivity contribution < 1.29 is 14.0 Å². The van der Waals surface area contributed by atoms with E-state index in [1.54, 1.807) is 24.3 Å². The first-order chi connectivity index (χ1) is 16.6. The summed E-state index contributed by atoms with van der Waals surface area (Å²) in [4.78, 5) is 25.7. The number of hydrogen-bond acceptors (Lipinski definition) is 6. The maximum Gasteiger partial charge on any atom is 0.274 e. The smallest absolute Gasteiger partial charge is 0.274 e. The van der Waals surface area contributed by atoms with E-state index in [0.717, 1.165) is 24.0 Å². The van der Waals surface area contributed by atoms with Crippen LogP contribution in [0, 0.1) is 12.8 Å². The molecule has 1 fully saturated rings. The molecule has 34 heavy (non-hydrogen) atoms. The van der Waals surface area contributed by atoms with Crippen molar-refractivity contribution in [2.45, 2.75) is 19.8 Å². The van der Waals surface area contributed by atoms with Gasteiger partial charge in [-0.1, -0.05) is 36.4 Å². The van der Waals surface area contributed by atoms with Crippen LogP contribution >= 0.6 is 0 Å². The highest BCUT2D eigenvalue weighted by Crippen LogP contribution is 2.31. The topological polar surface area (TPSA) is 115 Å². The first-order valence-corrected chi connectivity index (χ1v) is 10.9. The summed E-state index contributed by atoms with van der Waals surface area (Å²) in [5, 5.41) is 17.8. The van der Waals surface area contributed by atoms with E-state index in [9.17, 15) is 9.59 Å². The molecule has 2 aromatic carbocycles. The fraction of sp³-hybridized carbons (Fsp3) is 0.160. The van der Waals surface area contributed by atoms with Crippen LogP contribution in [0.15, 0.2) is 71.3 Å². The Bertz CT molecular complexity index is 1350. The third-order valence-corrected chi connectivity index (χ3v) is 5.49. The largest absolute Gasteiger partial charge is 0.465 e. The summed E-state index contributed by atoms with van der Waals surface area (Å²) in [6.45, 7) is 1.88. The van der Waals surface area contributed by atoms with Gasteiger partial charge in [0, 0.05) is 28.9 Å².